The summed E-state index contributed by atoms with van der Waals surface area (Å²) < 4.78 is 10.8. The summed E-state index contributed by atoms with van der Waals surface area (Å²) in [6.07, 6.45) is 3.27. The van der Waals surface area contributed by atoms with Crippen molar-refractivity contribution in [2.45, 2.75) is 19.5 Å². The van der Waals surface area contributed by atoms with Gasteiger partial charge in [0.25, 0.3) is 11.7 Å². The molecule has 1 fully saturated rings. The molecule has 1 saturated heterocycles. The van der Waals surface area contributed by atoms with Crippen LogP contribution in [0.5, 0.6) is 11.5 Å². The molecule has 8 heteroatoms. The fourth-order valence-electron chi connectivity index (χ4n) is 3.88. The van der Waals surface area contributed by atoms with Crippen LogP contribution < -0.4 is 9.47 Å². The number of nitrogens with zero attached hydrogens (tertiary/aromatic N) is 2. The number of methoxy groups -OCH3 is 2. The number of aliphatic hydroxyl groups excluding tert-OH is 1. The van der Waals surface area contributed by atoms with Gasteiger partial charge < -0.3 is 19.5 Å². The molecular weight excluding hydrogens is 428 g/mol. The molecule has 3 aromatic rings. The first kappa shape index (κ1) is 21.6. The largest absolute Gasteiger partial charge is 0.506 e. The van der Waals surface area contributed by atoms with Crippen molar-refractivity contribution in [2.75, 3.05) is 14.2 Å². The number of rotatable bonds is 6. The molecule has 1 aliphatic heterocycles. The van der Waals surface area contributed by atoms with Crippen molar-refractivity contribution < 1.29 is 24.2 Å². The Kier molecular flexibility index (Phi) is 5.96. The molecule has 32 heavy (non-hydrogen) atoms. The number of aliphatic hydroxyl groups is 1. The third-order valence-electron chi connectivity index (χ3n) is 5.46. The summed E-state index contributed by atoms with van der Waals surface area (Å²) in [5, 5.41) is 13.3. The molecule has 0 radical (unpaired) electrons. The first-order valence-electron chi connectivity index (χ1n) is 9.90. The van der Waals surface area contributed by atoms with Gasteiger partial charge in [-0.3, -0.25) is 14.6 Å². The Morgan fingerprint density at radius 3 is 2.31 bits per heavy atom. The molecule has 3 heterocycles. The van der Waals surface area contributed by atoms with E-state index < -0.39 is 17.7 Å². The molecule has 0 spiro atoms. The lowest BCUT2D eigenvalue weighted by molar-refractivity contribution is -0.140. The van der Waals surface area contributed by atoms with Gasteiger partial charge in [0.2, 0.25) is 0 Å². The highest BCUT2D eigenvalue weighted by Crippen LogP contribution is 2.45. The van der Waals surface area contributed by atoms with Gasteiger partial charge in [0.05, 0.1) is 19.8 Å². The van der Waals surface area contributed by atoms with E-state index in [-0.39, 0.29) is 23.4 Å². The van der Waals surface area contributed by atoms with Gasteiger partial charge in [-0.15, -0.1) is 11.3 Å². The molecule has 164 valence electrons. The summed E-state index contributed by atoms with van der Waals surface area (Å²) in [4.78, 5) is 32.7. The van der Waals surface area contributed by atoms with Gasteiger partial charge in [-0.25, -0.2) is 0 Å². The number of hydrogen-bond acceptors (Lipinski definition) is 7. The summed E-state index contributed by atoms with van der Waals surface area (Å²) in [6.45, 7) is 2.12. The van der Waals surface area contributed by atoms with Crippen molar-refractivity contribution >= 4 is 28.8 Å². The maximum Gasteiger partial charge on any atom is 0.295 e. The Labute approximate surface area is 189 Å². The molecule has 1 aromatic carbocycles. The third-order valence-corrected chi connectivity index (χ3v) is 6.53. The summed E-state index contributed by atoms with van der Waals surface area (Å²) in [5.41, 5.74) is 2.01. The number of amides is 1. The zero-order valence-corrected chi connectivity index (χ0v) is 18.7. The van der Waals surface area contributed by atoms with Crippen LogP contribution in [-0.2, 0) is 16.1 Å². The van der Waals surface area contributed by atoms with Gasteiger partial charge in [0.15, 0.2) is 0 Å². The van der Waals surface area contributed by atoms with Crippen molar-refractivity contribution in [1.82, 2.24) is 9.88 Å². The van der Waals surface area contributed by atoms with E-state index in [0.29, 0.717) is 11.5 Å². The number of ketones is 1. The number of thiophene rings is 1. The molecule has 0 saturated carbocycles. The van der Waals surface area contributed by atoms with E-state index in [1.807, 2.05) is 18.4 Å². The highest BCUT2D eigenvalue weighted by Gasteiger charge is 2.47. The average Bonchev–Trinajstić information content (AvgIpc) is 3.34. The lowest BCUT2D eigenvalue weighted by atomic mass is 9.97. The van der Waals surface area contributed by atoms with E-state index in [4.69, 9.17) is 9.47 Å². The predicted octanol–water partition coefficient (Wildman–Crippen LogP) is 4.09. The molecule has 1 amide bonds. The van der Waals surface area contributed by atoms with Crippen LogP contribution in [0.4, 0.5) is 0 Å². The van der Waals surface area contributed by atoms with E-state index in [2.05, 4.69) is 4.98 Å². The normalized spacial score (nSPS) is 17.6. The van der Waals surface area contributed by atoms with Crippen LogP contribution >= 0.6 is 11.3 Å². The van der Waals surface area contributed by atoms with Crippen LogP contribution in [0.25, 0.3) is 5.76 Å². The van der Waals surface area contributed by atoms with Crippen molar-refractivity contribution in [3.05, 3.63) is 81.3 Å². The second kappa shape index (κ2) is 8.84. The monoisotopic (exact) mass is 450 g/mol. The number of carbonyl (C=O) groups is 2. The SMILES string of the molecule is COc1cccc(OC)c1/C(O)=C1\C(=O)C(=O)N(Cc2ccncc2)C1c1sccc1C. The molecule has 0 bridgehead atoms. The minimum Gasteiger partial charge on any atom is -0.506 e. The molecular formula is C24H22N2O5S. The second-order valence-electron chi connectivity index (χ2n) is 7.29. The zero-order chi connectivity index (χ0) is 22.8. The minimum absolute atomic E-state index is 0.0115. The Morgan fingerprint density at radius 2 is 1.75 bits per heavy atom. The Hall–Kier alpha value is -3.65. The quantitative estimate of drug-likeness (QED) is 0.346. The van der Waals surface area contributed by atoms with E-state index in [1.54, 1.807) is 42.7 Å². The number of likely N-dealkylation sites (tertiary alicyclic amines) is 1. The molecule has 7 nitrogen and oxygen atoms in total. The van der Waals surface area contributed by atoms with E-state index in [1.165, 1.54) is 30.5 Å². The van der Waals surface area contributed by atoms with Gasteiger partial charge >= 0.3 is 0 Å². The van der Waals surface area contributed by atoms with Gasteiger partial charge in [-0.2, -0.15) is 0 Å². The van der Waals surface area contributed by atoms with Gasteiger partial charge in [0.1, 0.15) is 28.9 Å². The molecule has 1 atom stereocenters. The van der Waals surface area contributed by atoms with Crippen molar-refractivity contribution in [3.63, 3.8) is 0 Å². The Balaban J connectivity index is 1.94. The molecule has 4 rings (SSSR count). The smallest absolute Gasteiger partial charge is 0.295 e. The van der Waals surface area contributed by atoms with Gasteiger partial charge in [-0.05, 0) is 53.8 Å². The summed E-state index contributed by atoms with van der Waals surface area (Å²) in [6, 6.07) is 9.82. The first-order chi connectivity index (χ1) is 15.5. The summed E-state index contributed by atoms with van der Waals surface area (Å²) >= 11 is 1.44. The number of ether oxygens (including phenoxy) is 2. The number of aryl methyl sites for hydroxylation is 1. The number of hydrogen-bond donors (Lipinski definition) is 1. The van der Waals surface area contributed by atoms with Crippen molar-refractivity contribution in [1.29, 1.82) is 0 Å². The highest BCUT2D eigenvalue weighted by molar-refractivity contribution is 7.10. The summed E-state index contributed by atoms with van der Waals surface area (Å²) in [5.74, 6) is -1.07. The van der Waals surface area contributed by atoms with Crippen LogP contribution in [0, 0.1) is 6.92 Å². The highest BCUT2D eigenvalue weighted by atomic mass is 32.1. The number of carbonyl (C=O) groups excluding carboxylic acids is 2. The van der Waals surface area contributed by atoms with Crippen LogP contribution in [0.15, 0.2) is 59.7 Å². The maximum atomic E-state index is 13.2. The molecule has 1 N–H and O–H groups in total. The van der Waals surface area contributed by atoms with Gasteiger partial charge in [-0.1, -0.05) is 6.07 Å². The lowest BCUT2D eigenvalue weighted by Crippen LogP contribution is -2.29. The summed E-state index contributed by atoms with van der Waals surface area (Å²) in [7, 11) is 2.93. The molecule has 1 unspecified atom stereocenters. The number of pyridine rings is 1. The average molecular weight is 451 g/mol. The molecule has 1 aliphatic rings. The number of benzene rings is 1. The molecule has 0 aliphatic carbocycles. The fraction of sp³-hybridized carbons (Fsp3) is 0.208. The zero-order valence-electron chi connectivity index (χ0n) is 17.9. The van der Waals surface area contributed by atoms with E-state index >= 15 is 0 Å². The topological polar surface area (TPSA) is 89.0 Å². The van der Waals surface area contributed by atoms with E-state index in [9.17, 15) is 14.7 Å². The Bertz CT molecular complexity index is 1180. The second-order valence-corrected chi connectivity index (χ2v) is 8.24. The van der Waals surface area contributed by atoms with Crippen LogP contribution in [0.2, 0.25) is 0 Å². The fourth-order valence-corrected chi connectivity index (χ4v) is 4.93. The van der Waals surface area contributed by atoms with Crippen LogP contribution in [-0.4, -0.2) is 40.9 Å². The minimum atomic E-state index is -0.748. The van der Waals surface area contributed by atoms with Crippen LogP contribution in [0.3, 0.4) is 0 Å². The van der Waals surface area contributed by atoms with Crippen LogP contribution in [0.1, 0.15) is 27.6 Å². The Morgan fingerprint density at radius 1 is 1.09 bits per heavy atom. The first-order valence-corrected chi connectivity index (χ1v) is 10.8. The molecule has 2 aromatic heterocycles. The number of aromatic nitrogens is 1. The third kappa shape index (κ3) is 3.62. The predicted molar refractivity (Wildman–Crippen MR) is 121 cm³/mol. The van der Waals surface area contributed by atoms with Gasteiger partial charge in [0, 0.05) is 23.8 Å². The van der Waals surface area contributed by atoms with E-state index in [0.717, 1.165) is 16.0 Å². The van der Waals surface area contributed by atoms with Crippen molar-refractivity contribution in [3.8, 4) is 11.5 Å². The maximum absolute atomic E-state index is 13.2. The number of Topliss-reactive ketones (excluding diaryl/α,β-unsaturated/α-hetero) is 1. The van der Waals surface area contributed by atoms with Crippen molar-refractivity contribution in [2.24, 2.45) is 0 Å². The standard InChI is InChI=1S/C24H22N2O5S/c1-14-9-12-32-23(14)20-19(21(27)18-16(30-2)5-4-6-17(18)31-3)22(28)24(29)26(20)13-15-7-10-25-11-8-15/h4-12,20,27H,13H2,1-3H3/b21-19+. The lowest BCUT2D eigenvalue weighted by Gasteiger charge is -2.25.